The molecule has 2 heteroatoms. The predicted molar refractivity (Wildman–Crippen MR) is 168 cm³/mol. The van der Waals surface area contributed by atoms with Crippen molar-refractivity contribution in [1.29, 1.82) is 0 Å². The molecule has 0 aliphatic heterocycles. The average molecular weight is 533 g/mol. The minimum atomic E-state index is 0.166. The molecule has 0 aromatic rings. The topological polar surface area (TPSA) is 0 Å². The van der Waals surface area contributed by atoms with Gasteiger partial charge in [0.25, 0.3) is 0 Å². The van der Waals surface area contributed by atoms with Crippen LogP contribution in [0.15, 0.2) is 12.2 Å². The van der Waals surface area contributed by atoms with Crippen LogP contribution < -0.4 is 0 Å². The van der Waals surface area contributed by atoms with Crippen LogP contribution in [-0.2, 0) is 0 Å². The van der Waals surface area contributed by atoms with Crippen molar-refractivity contribution >= 4 is 15.8 Å². The zero-order chi connectivity index (χ0) is 25.2. The van der Waals surface area contributed by atoms with Crippen molar-refractivity contribution in [2.45, 2.75) is 190 Å². The van der Waals surface area contributed by atoms with Crippen molar-refractivity contribution in [2.24, 2.45) is 5.92 Å². The Morgan fingerprint density at radius 3 is 1.42 bits per heavy atom. The lowest BCUT2D eigenvalue weighted by Crippen LogP contribution is -2.33. The maximum absolute atomic E-state index is 4.70. The van der Waals surface area contributed by atoms with Crippen LogP contribution in [0.5, 0.6) is 0 Å². The second-order valence-electron chi connectivity index (χ2n) is 13.5. The molecular formula is C34H62P2. The predicted octanol–water partition coefficient (Wildman–Crippen LogP) is 12.0. The molecule has 0 heterocycles. The Hall–Kier alpha value is 0.600. The van der Waals surface area contributed by atoms with Gasteiger partial charge < -0.3 is 0 Å². The van der Waals surface area contributed by atoms with Gasteiger partial charge in [-0.25, -0.2) is 0 Å². The smallest absolute Gasteiger partial charge is 0.0198 e. The maximum atomic E-state index is 4.70. The molecule has 4 aliphatic carbocycles. The molecule has 4 aliphatic rings. The Kier molecular flexibility index (Phi) is 13.2. The molecule has 0 radical (unpaired) electrons. The summed E-state index contributed by atoms with van der Waals surface area (Å²) in [5.41, 5.74) is 7.02. The lowest BCUT2D eigenvalue weighted by Gasteiger charge is -2.47. The summed E-state index contributed by atoms with van der Waals surface area (Å²) >= 11 is 0. The molecule has 0 saturated heterocycles. The highest BCUT2D eigenvalue weighted by atomic mass is 31.1. The Labute approximate surface area is 229 Å². The molecule has 4 fully saturated rings. The van der Waals surface area contributed by atoms with Gasteiger partial charge in [0.1, 0.15) is 0 Å². The summed E-state index contributed by atoms with van der Waals surface area (Å²) < 4.78 is 0. The van der Waals surface area contributed by atoms with Crippen molar-refractivity contribution in [2.75, 3.05) is 6.16 Å². The summed E-state index contributed by atoms with van der Waals surface area (Å²) in [5, 5.41) is 0. The van der Waals surface area contributed by atoms with Crippen molar-refractivity contribution in [3.05, 3.63) is 12.2 Å². The van der Waals surface area contributed by atoms with Gasteiger partial charge in [0.2, 0.25) is 0 Å². The summed E-state index contributed by atoms with van der Waals surface area (Å²) in [6, 6.07) is 0. The SMILES string of the molecule is C=C(CCC)C[C@H](CP(C1CCCCC1)C1CCCCC1)[C@@H](C)P(C1CCCCC1)C1CCCCC1. The Morgan fingerprint density at radius 1 is 0.639 bits per heavy atom. The van der Waals surface area contributed by atoms with Gasteiger partial charge in [0.05, 0.1) is 0 Å². The van der Waals surface area contributed by atoms with Gasteiger partial charge in [-0.3, -0.25) is 0 Å². The summed E-state index contributed by atoms with van der Waals surface area (Å²) in [6.07, 6.45) is 36.6. The molecule has 0 N–H and O–H groups in total. The zero-order valence-electron chi connectivity index (χ0n) is 24.5. The van der Waals surface area contributed by atoms with E-state index in [1.807, 2.05) is 0 Å². The van der Waals surface area contributed by atoms with Gasteiger partial charge in [-0.05, 0) is 105 Å². The first-order chi connectivity index (χ1) is 17.7. The van der Waals surface area contributed by atoms with E-state index in [1.165, 1.54) is 96.3 Å². The van der Waals surface area contributed by atoms with Gasteiger partial charge >= 0.3 is 0 Å². The van der Waals surface area contributed by atoms with Crippen LogP contribution in [0.1, 0.15) is 162 Å². The third-order valence-corrected chi connectivity index (χ3v) is 18.7. The van der Waals surface area contributed by atoms with Gasteiger partial charge in [-0.15, -0.1) is 7.92 Å². The first-order valence-corrected chi connectivity index (χ1v) is 20.1. The van der Waals surface area contributed by atoms with E-state index >= 15 is 0 Å². The summed E-state index contributed by atoms with van der Waals surface area (Å²) in [7, 11) is 0.367. The second-order valence-corrected chi connectivity index (χ2v) is 19.5. The molecule has 4 rings (SSSR count). The summed E-state index contributed by atoms with van der Waals surface area (Å²) in [4.78, 5) is 0. The molecule has 208 valence electrons. The molecule has 4 saturated carbocycles. The first-order valence-electron chi connectivity index (χ1n) is 16.9. The van der Waals surface area contributed by atoms with Crippen LogP contribution in [0, 0.1) is 5.92 Å². The molecule has 0 bridgehead atoms. The van der Waals surface area contributed by atoms with Crippen LogP contribution in [0.2, 0.25) is 0 Å². The van der Waals surface area contributed by atoms with Gasteiger partial charge in [-0.2, -0.15) is 0 Å². The molecule has 2 atom stereocenters. The minimum Gasteiger partial charge on any atom is -0.100 e. The normalized spacial score (nSPS) is 25.9. The van der Waals surface area contributed by atoms with Crippen molar-refractivity contribution < 1.29 is 0 Å². The molecule has 0 nitrogen and oxygen atoms in total. The third-order valence-electron chi connectivity index (χ3n) is 10.8. The lowest BCUT2D eigenvalue weighted by atomic mass is 9.96. The van der Waals surface area contributed by atoms with E-state index in [2.05, 4.69) is 13.8 Å². The first kappa shape index (κ1) is 29.6. The fourth-order valence-corrected chi connectivity index (χ4v) is 17.8. The number of hydrogen-bond donors (Lipinski definition) is 0. The number of hydrogen-bond acceptors (Lipinski definition) is 0. The van der Waals surface area contributed by atoms with Crippen molar-refractivity contribution in [3.8, 4) is 0 Å². The van der Waals surface area contributed by atoms with E-state index < -0.39 is 0 Å². The van der Waals surface area contributed by atoms with Crippen LogP contribution in [0.4, 0.5) is 0 Å². The maximum Gasteiger partial charge on any atom is -0.0198 e. The molecule has 36 heavy (non-hydrogen) atoms. The van der Waals surface area contributed by atoms with Gasteiger partial charge in [0, 0.05) is 0 Å². The summed E-state index contributed by atoms with van der Waals surface area (Å²) in [6.45, 7) is 9.88. The highest BCUT2D eigenvalue weighted by molar-refractivity contribution is 7.60. The van der Waals surface area contributed by atoms with E-state index in [1.54, 1.807) is 63.1 Å². The quantitative estimate of drug-likeness (QED) is 0.173. The monoisotopic (exact) mass is 532 g/mol. The molecule has 0 unspecified atom stereocenters. The van der Waals surface area contributed by atoms with Crippen LogP contribution in [0.25, 0.3) is 0 Å². The van der Waals surface area contributed by atoms with E-state index in [0.29, 0.717) is 0 Å². The number of allylic oxidation sites excluding steroid dienone is 1. The fraction of sp³-hybridized carbons (Fsp3) is 0.941. The highest BCUT2D eigenvalue weighted by Gasteiger charge is 2.40. The Bertz CT molecular complexity index is 569. The fourth-order valence-electron chi connectivity index (χ4n) is 8.87. The van der Waals surface area contributed by atoms with Crippen molar-refractivity contribution in [1.82, 2.24) is 0 Å². The zero-order valence-corrected chi connectivity index (χ0v) is 26.3. The van der Waals surface area contributed by atoms with Crippen LogP contribution in [-0.4, -0.2) is 34.5 Å². The van der Waals surface area contributed by atoms with E-state index in [-0.39, 0.29) is 15.8 Å². The second kappa shape index (κ2) is 16.0. The third kappa shape index (κ3) is 8.55. The van der Waals surface area contributed by atoms with E-state index in [9.17, 15) is 0 Å². The van der Waals surface area contributed by atoms with Gasteiger partial charge in [0.15, 0.2) is 0 Å². The molecule has 0 spiro atoms. The van der Waals surface area contributed by atoms with E-state index in [4.69, 9.17) is 6.58 Å². The lowest BCUT2D eigenvalue weighted by molar-refractivity contribution is 0.463. The molecule has 0 aromatic heterocycles. The minimum absolute atomic E-state index is 0.166. The highest BCUT2D eigenvalue weighted by Crippen LogP contribution is 2.64. The average Bonchev–Trinajstić information content (AvgIpc) is 2.93. The van der Waals surface area contributed by atoms with E-state index in [0.717, 1.165) is 34.2 Å². The van der Waals surface area contributed by atoms with Gasteiger partial charge in [-0.1, -0.05) is 117 Å². The van der Waals surface area contributed by atoms with Crippen molar-refractivity contribution in [3.63, 3.8) is 0 Å². The van der Waals surface area contributed by atoms with Crippen LogP contribution >= 0.6 is 15.8 Å². The molecule has 0 aromatic carbocycles. The molecule has 0 amide bonds. The number of rotatable bonds is 12. The summed E-state index contributed by atoms with van der Waals surface area (Å²) in [5.74, 6) is 0.953. The largest absolute Gasteiger partial charge is 0.100 e. The standard InChI is InChI=1S/C34H62P2/c1-4-17-28(2)26-30(27-35(31-18-9-5-10-19-31)32-20-11-6-12-21-32)29(3)36(33-22-13-7-14-23-33)34-24-15-8-16-25-34/h29-34H,2,4-27H2,1,3H3/t29-,30-/m1/s1. The Balaban J connectivity index is 1.57. The Morgan fingerprint density at radius 2 is 1.03 bits per heavy atom. The molecular weight excluding hydrogens is 470 g/mol. The van der Waals surface area contributed by atoms with Crippen LogP contribution in [0.3, 0.4) is 0 Å².